The van der Waals surface area contributed by atoms with Gasteiger partial charge in [-0.2, -0.15) is 0 Å². The molecule has 3 heteroatoms. The highest BCUT2D eigenvalue weighted by atomic mass is 16.5. The molecule has 2 atom stereocenters. The van der Waals surface area contributed by atoms with Crippen molar-refractivity contribution in [3.05, 3.63) is 0 Å². The maximum absolute atomic E-state index is 5.99. The molecule has 0 bridgehead atoms. The van der Waals surface area contributed by atoms with Crippen molar-refractivity contribution in [2.45, 2.75) is 43.7 Å². The molecule has 3 nitrogen and oxygen atoms in total. The van der Waals surface area contributed by atoms with Crippen molar-refractivity contribution in [1.82, 2.24) is 10.2 Å². The number of nitrogens with zero attached hydrogens (tertiary/aromatic N) is 1. The second-order valence-electron chi connectivity index (χ2n) is 5.80. The maximum Gasteiger partial charge on any atom is 0.0685 e. The summed E-state index contributed by atoms with van der Waals surface area (Å²) in [6.45, 7) is 2.10. The highest BCUT2D eigenvalue weighted by Crippen LogP contribution is 2.44. The van der Waals surface area contributed by atoms with E-state index in [-0.39, 0.29) is 5.60 Å². The number of hydrogen-bond acceptors (Lipinski definition) is 3. The summed E-state index contributed by atoms with van der Waals surface area (Å²) >= 11 is 0. The summed E-state index contributed by atoms with van der Waals surface area (Å²) in [6, 6.07) is 0.622. The monoisotopic (exact) mass is 226 g/mol. The lowest BCUT2D eigenvalue weighted by Crippen LogP contribution is -2.52. The number of nitrogens with one attached hydrogen (secondary N) is 1. The van der Waals surface area contributed by atoms with Gasteiger partial charge in [0.15, 0.2) is 0 Å². The van der Waals surface area contributed by atoms with Crippen molar-refractivity contribution in [3.8, 4) is 0 Å². The van der Waals surface area contributed by atoms with Crippen molar-refractivity contribution in [2.75, 3.05) is 34.3 Å². The van der Waals surface area contributed by atoms with Gasteiger partial charge >= 0.3 is 0 Å². The summed E-state index contributed by atoms with van der Waals surface area (Å²) in [5.74, 6) is 0.793. The van der Waals surface area contributed by atoms with E-state index in [1.165, 1.54) is 32.1 Å². The lowest BCUT2D eigenvalue weighted by Gasteiger charge is -2.49. The van der Waals surface area contributed by atoms with Gasteiger partial charge in [-0.15, -0.1) is 0 Å². The summed E-state index contributed by atoms with van der Waals surface area (Å²) < 4.78 is 5.99. The second-order valence-corrected chi connectivity index (χ2v) is 5.80. The fourth-order valence-electron chi connectivity index (χ4n) is 3.20. The highest BCUT2D eigenvalue weighted by Gasteiger charge is 2.44. The van der Waals surface area contributed by atoms with Crippen LogP contribution >= 0.6 is 0 Å². The normalized spacial score (nSPS) is 30.4. The van der Waals surface area contributed by atoms with E-state index in [4.69, 9.17) is 4.74 Å². The molecule has 94 valence electrons. The Morgan fingerprint density at radius 2 is 2.19 bits per heavy atom. The average Bonchev–Trinajstić information content (AvgIpc) is 2.23. The maximum atomic E-state index is 5.99. The Bertz CT molecular complexity index is 226. The molecule has 0 radical (unpaired) electrons. The molecule has 1 spiro atoms. The SMILES string of the molecule is CNC(CN(C)C)C1CCOC2(CCC2)C1. The molecule has 0 aromatic carbocycles. The van der Waals surface area contributed by atoms with Gasteiger partial charge in [-0.25, -0.2) is 0 Å². The quantitative estimate of drug-likeness (QED) is 0.786. The summed E-state index contributed by atoms with van der Waals surface area (Å²) in [6.07, 6.45) is 6.45. The zero-order valence-electron chi connectivity index (χ0n) is 11.0. The van der Waals surface area contributed by atoms with E-state index in [0.29, 0.717) is 6.04 Å². The minimum absolute atomic E-state index is 0.282. The van der Waals surface area contributed by atoms with Crippen LogP contribution in [0.25, 0.3) is 0 Å². The molecule has 1 aliphatic heterocycles. The van der Waals surface area contributed by atoms with Crippen LogP contribution in [0.3, 0.4) is 0 Å². The minimum Gasteiger partial charge on any atom is -0.375 e. The molecule has 1 aliphatic carbocycles. The first kappa shape index (κ1) is 12.3. The van der Waals surface area contributed by atoms with Gasteiger partial charge in [0, 0.05) is 19.2 Å². The molecule has 0 aromatic heterocycles. The van der Waals surface area contributed by atoms with Crippen LogP contribution in [0.5, 0.6) is 0 Å². The summed E-state index contributed by atoms with van der Waals surface area (Å²) in [4.78, 5) is 2.28. The van der Waals surface area contributed by atoms with Crippen molar-refractivity contribution >= 4 is 0 Å². The fourth-order valence-corrected chi connectivity index (χ4v) is 3.20. The third kappa shape index (κ3) is 2.58. The van der Waals surface area contributed by atoms with Crippen LogP contribution in [0.4, 0.5) is 0 Å². The van der Waals surface area contributed by atoms with E-state index in [9.17, 15) is 0 Å². The molecular formula is C13H26N2O. The zero-order valence-corrected chi connectivity index (χ0v) is 11.0. The Kier molecular flexibility index (Phi) is 3.88. The molecule has 2 fully saturated rings. The third-order valence-electron chi connectivity index (χ3n) is 4.30. The third-order valence-corrected chi connectivity index (χ3v) is 4.30. The largest absolute Gasteiger partial charge is 0.375 e. The zero-order chi connectivity index (χ0) is 11.6. The van der Waals surface area contributed by atoms with E-state index in [1.54, 1.807) is 0 Å². The van der Waals surface area contributed by atoms with Gasteiger partial charge in [-0.3, -0.25) is 0 Å². The fraction of sp³-hybridized carbons (Fsp3) is 1.00. The molecule has 2 aliphatic rings. The van der Waals surface area contributed by atoms with Crippen molar-refractivity contribution in [2.24, 2.45) is 5.92 Å². The number of hydrogen-bond donors (Lipinski definition) is 1. The lowest BCUT2D eigenvalue weighted by molar-refractivity contribution is -0.147. The van der Waals surface area contributed by atoms with Gasteiger partial charge in [-0.05, 0) is 59.2 Å². The van der Waals surface area contributed by atoms with Gasteiger partial charge in [0.05, 0.1) is 5.60 Å². The molecule has 1 heterocycles. The van der Waals surface area contributed by atoms with Gasteiger partial charge in [0.2, 0.25) is 0 Å². The summed E-state index contributed by atoms with van der Waals surface area (Å²) in [5, 5.41) is 3.49. The first-order valence-corrected chi connectivity index (χ1v) is 6.61. The standard InChI is InChI=1S/C13H26N2O/c1-14-12(10-15(2)3)11-5-8-16-13(9-11)6-4-7-13/h11-12,14H,4-10H2,1-3H3. The molecule has 1 saturated heterocycles. The number of rotatable bonds is 4. The Morgan fingerprint density at radius 3 is 2.69 bits per heavy atom. The summed E-state index contributed by atoms with van der Waals surface area (Å²) in [5.41, 5.74) is 0.282. The van der Waals surface area contributed by atoms with Crippen LogP contribution in [-0.2, 0) is 4.74 Å². The van der Waals surface area contributed by atoms with E-state index < -0.39 is 0 Å². The molecule has 1 N–H and O–H groups in total. The number of likely N-dealkylation sites (N-methyl/N-ethyl adjacent to an activating group) is 2. The molecule has 0 amide bonds. The van der Waals surface area contributed by atoms with Crippen LogP contribution in [0.1, 0.15) is 32.1 Å². The number of ether oxygens (including phenoxy) is 1. The van der Waals surface area contributed by atoms with Crippen molar-refractivity contribution < 1.29 is 4.74 Å². The van der Waals surface area contributed by atoms with E-state index in [0.717, 1.165) is 19.1 Å². The van der Waals surface area contributed by atoms with Crippen molar-refractivity contribution in [3.63, 3.8) is 0 Å². The van der Waals surface area contributed by atoms with Crippen molar-refractivity contribution in [1.29, 1.82) is 0 Å². The van der Waals surface area contributed by atoms with Crippen LogP contribution < -0.4 is 5.32 Å². The van der Waals surface area contributed by atoms with Crippen LogP contribution in [0.2, 0.25) is 0 Å². The molecule has 1 saturated carbocycles. The Morgan fingerprint density at radius 1 is 1.44 bits per heavy atom. The van der Waals surface area contributed by atoms with Crippen LogP contribution in [0, 0.1) is 5.92 Å². The van der Waals surface area contributed by atoms with Gasteiger partial charge in [-0.1, -0.05) is 0 Å². The Balaban J connectivity index is 1.91. The predicted molar refractivity (Wildman–Crippen MR) is 66.7 cm³/mol. The molecule has 0 aromatic rings. The van der Waals surface area contributed by atoms with Gasteiger partial charge in [0.25, 0.3) is 0 Å². The van der Waals surface area contributed by atoms with Gasteiger partial charge in [0.1, 0.15) is 0 Å². The van der Waals surface area contributed by atoms with E-state index in [2.05, 4.69) is 31.4 Å². The predicted octanol–water partition coefficient (Wildman–Crippen LogP) is 1.49. The molecule has 2 unspecified atom stereocenters. The first-order valence-electron chi connectivity index (χ1n) is 6.61. The lowest BCUT2D eigenvalue weighted by atomic mass is 9.70. The van der Waals surface area contributed by atoms with Crippen LogP contribution in [0.15, 0.2) is 0 Å². The molecule has 2 rings (SSSR count). The molecular weight excluding hydrogens is 200 g/mol. The highest BCUT2D eigenvalue weighted by molar-refractivity contribution is 4.96. The van der Waals surface area contributed by atoms with Gasteiger partial charge < -0.3 is 15.0 Å². The molecule has 16 heavy (non-hydrogen) atoms. The van der Waals surface area contributed by atoms with E-state index in [1.807, 2.05) is 0 Å². The first-order chi connectivity index (χ1) is 7.65. The minimum atomic E-state index is 0.282. The topological polar surface area (TPSA) is 24.5 Å². The second kappa shape index (κ2) is 5.03. The smallest absolute Gasteiger partial charge is 0.0685 e. The summed E-state index contributed by atoms with van der Waals surface area (Å²) in [7, 11) is 6.41. The average molecular weight is 226 g/mol. The Hall–Kier alpha value is -0.120. The van der Waals surface area contributed by atoms with Crippen LogP contribution in [-0.4, -0.2) is 50.8 Å². The van der Waals surface area contributed by atoms with E-state index >= 15 is 0 Å². The Labute approximate surface area is 99.5 Å².